The van der Waals surface area contributed by atoms with Crippen LogP contribution in [-0.2, 0) is 4.79 Å². The Morgan fingerprint density at radius 2 is 2.00 bits per heavy atom. The Bertz CT molecular complexity index is 172. The molecule has 1 aliphatic heterocycles. The number of carbonyl (C=O) groups excluding carboxylic acids is 1. The molecule has 0 unspecified atom stereocenters. The summed E-state index contributed by atoms with van der Waals surface area (Å²) in [4.78, 5) is 11.3. The molecule has 1 fully saturated rings. The Balaban J connectivity index is 2.51. The molecule has 0 aromatic carbocycles. The van der Waals surface area contributed by atoms with Crippen LogP contribution in [0.25, 0.3) is 0 Å². The first kappa shape index (κ1) is 9.35. The van der Waals surface area contributed by atoms with E-state index < -0.39 is 12.1 Å². The standard InChI is InChI=1S/C7H9F3NO/c8-7(9,10)6(12)11-4-2-1-3-5-11/h4H,1-3,5H2. The number of piperidine rings is 1. The molecule has 0 atom stereocenters. The first-order valence-corrected chi connectivity index (χ1v) is 3.73. The fourth-order valence-corrected chi connectivity index (χ4v) is 1.11. The number of hydrogen-bond acceptors (Lipinski definition) is 1. The van der Waals surface area contributed by atoms with E-state index in [1.54, 1.807) is 0 Å². The predicted octanol–water partition coefficient (Wildman–Crippen LogP) is 1.72. The van der Waals surface area contributed by atoms with Gasteiger partial charge < -0.3 is 4.90 Å². The second-order valence-corrected chi connectivity index (χ2v) is 2.67. The summed E-state index contributed by atoms with van der Waals surface area (Å²) in [5.41, 5.74) is 0. The van der Waals surface area contributed by atoms with Gasteiger partial charge in [0.25, 0.3) is 0 Å². The van der Waals surface area contributed by atoms with Crippen LogP contribution in [0, 0.1) is 6.54 Å². The molecule has 0 aromatic rings. The zero-order valence-corrected chi connectivity index (χ0v) is 6.40. The van der Waals surface area contributed by atoms with E-state index in [1.807, 2.05) is 0 Å². The third-order valence-corrected chi connectivity index (χ3v) is 1.71. The van der Waals surface area contributed by atoms with E-state index in [1.165, 1.54) is 6.54 Å². The lowest BCUT2D eigenvalue weighted by molar-refractivity contribution is -0.184. The first-order chi connectivity index (χ1) is 5.52. The van der Waals surface area contributed by atoms with Crippen molar-refractivity contribution in [3.05, 3.63) is 6.54 Å². The minimum absolute atomic E-state index is 0.193. The Hall–Kier alpha value is -0.740. The summed E-state index contributed by atoms with van der Waals surface area (Å²) in [6.45, 7) is 1.51. The minimum atomic E-state index is -4.73. The molecule has 0 saturated carbocycles. The number of amides is 1. The highest BCUT2D eigenvalue weighted by Gasteiger charge is 2.42. The normalized spacial score (nSPS) is 19.4. The van der Waals surface area contributed by atoms with Crippen LogP contribution < -0.4 is 0 Å². The molecule has 69 valence electrons. The third-order valence-electron chi connectivity index (χ3n) is 1.71. The molecule has 1 aliphatic rings. The zero-order valence-electron chi connectivity index (χ0n) is 6.40. The van der Waals surface area contributed by atoms with Gasteiger partial charge in [0, 0.05) is 6.54 Å². The smallest absolute Gasteiger partial charge is 0.330 e. The number of halogens is 3. The summed E-state index contributed by atoms with van der Waals surface area (Å²) in [7, 11) is 0. The number of nitrogens with zero attached hydrogens (tertiary/aromatic N) is 1. The lowest BCUT2D eigenvalue weighted by atomic mass is 10.1. The van der Waals surface area contributed by atoms with Crippen molar-refractivity contribution in [1.29, 1.82) is 0 Å². The number of carbonyl (C=O) groups is 1. The van der Waals surface area contributed by atoms with Crippen LogP contribution in [0.1, 0.15) is 19.3 Å². The van der Waals surface area contributed by atoms with Crippen molar-refractivity contribution in [3.63, 3.8) is 0 Å². The Morgan fingerprint density at radius 1 is 1.33 bits per heavy atom. The predicted molar refractivity (Wildman–Crippen MR) is 35.9 cm³/mol. The zero-order chi connectivity index (χ0) is 9.19. The van der Waals surface area contributed by atoms with Crippen LogP contribution in [0.5, 0.6) is 0 Å². The average Bonchev–Trinajstić information content (AvgIpc) is 2.03. The molecule has 1 rings (SSSR count). The summed E-state index contributed by atoms with van der Waals surface area (Å²) >= 11 is 0. The van der Waals surface area contributed by atoms with E-state index >= 15 is 0 Å². The van der Waals surface area contributed by atoms with Gasteiger partial charge in [-0.05, 0) is 19.3 Å². The molecule has 0 N–H and O–H groups in total. The molecular weight excluding hydrogens is 171 g/mol. The molecule has 1 heterocycles. The highest BCUT2D eigenvalue weighted by Crippen LogP contribution is 2.22. The van der Waals surface area contributed by atoms with Crippen LogP contribution in [0.3, 0.4) is 0 Å². The maximum Gasteiger partial charge on any atom is 0.471 e. The number of alkyl halides is 3. The van der Waals surface area contributed by atoms with E-state index in [-0.39, 0.29) is 6.54 Å². The third kappa shape index (κ3) is 2.12. The van der Waals surface area contributed by atoms with Crippen molar-refractivity contribution in [3.8, 4) is 0 Å². The molecule has 1 saturated heterocycles. The first-order valence-electron chi connectivity index (χ1n) is 3.73. The van der Waals surface area contributed by atoms with Crippen molar-refractivity contribution in [2.75, 3.05) is 6.54 Å². The molecular formula is C7H9F3NO. The summed E-state index contributed by atoms with van der Waals surface area (Å²) in [5.74, 6) is -1.75. The quantitative estimate of drug-likeness (QED) is 0.555. The number of rotatable bonds is 0. The second kappa shape index (κ2) is 3.33. The summed E-state index contributed by atoms with van der Waals surface area (Å²) in [5, 5.41) is 0. The van der Waals surface area contributed by atoms with Crippen LogP contribution >= 0.6 is 0 Å². The van der Waals surface area contributed by atoms with Crippen LogP contribution in [0.15, 0.2) is 0 Å². The molecule has 0 bridgehead atoms. The van der Waals surface area contributed by atoms with Crippen LogP contribution in [0.4, 0.5) is 13.2 Å². The van der Waals surface area contributed by atoms with Gasteiger partial charge in [-0.1, -0.05) is 0 Å². The van der Waals surface area contributed by atoms with Gasteiger partial charge in [-0.15, -0.1) is 0 Å². The van der Waals surface area contributed by atoms with Crippen molar-refractivity contribution < 1.29 is 18.0 Å². The van der Waals surface area contributed by atoms with Crippen molar-refractivity contribution in [2.24, 2.45) is 0 Å². The topological polar surface area (TPSA) is 20.3 Å². The molecule has 1 radical (unpaired) electrons. The van der Waals surface area contributed by atoms with Gasteiger partial charge in [0.2, 0.25) is 0 Å². The number of likely N-dealkylation sites (tertiary alicyclic amines) is 1. The molecule has 1 amide bonds. The highest BCUT2D eigenvalue weighted by molar-refractivity contribution is 5.82. The molecule has 12 heavy (non-hydrogen) atoms. The maximum absolute atomic E-state index is 11.8. The molecule has 0 aromatic heterocycles. The van der Waals surface area contributed by atoms with Gasteiger partial charge in [-0.2, -0.15) is 13.2 Å². The lowest BCUT2D eigenvalue weighted by Crippen LogP contribution is -2.41. The van der Waals surface area contributed by atoms with Crippen LogP contribution in [-0.4, -0.2) is 23.5 Å². The summed E-state index contributed by atoms with van der Waals surface area (Å²) in [6, 6.07) is 0. The summed E-state index contributed by atoms with van der Waals surface area (Å²) < 4.78 is 35.5. The molecule has 0 aliphatic carbocycles. The van der Waals surface area contributed by atoms with E-state index in [0.717, 1.165) is 11.3 Å². The van der Waals surface area contributed by atoms with E-state index in [0.29, 0.717) is 12.8 Å². The molecule has 5 heteroatoms. The van der Waals surface area contributed by atoms with E-state index in [2.05, 4.69) is 0 Å². The summed E-state index contributed by atoms with van der Waals surface area (Å²) in [6.07, 6.45) is -2.66. The average molecular weight is 180 g/mol. The van der Waals surface area contributed by atoms with E-state index in [9.17, 15) is 18.0 Å². The second-order valence-electron chi connectivity index (χ2n) is 2.67. The van der Waals surface area contributed by atoms with Gasteiger partial charge in [-0.3, -0.25) is 4.79 Å². The van der Waals surface area contributed by atoms with Gasteiger partial charge in [0.1, 0.15) is 0 Å². The lowest BCUT2D eigenvalue weighted by Gasteiger charge is -2.26. The maximum atomic E-state index is 11.8. The van der Waals surface area contributed by atoms with Gasteiger partial charge in [-0.25, -0.2) is 0 Å². The monoisotopic (exact) mass is 180 g/mol. The SMILES string of the molecule is O=C(N1[CH]CCCC1)C(F)(F)F. The van der Waals surface area contributed by atoms with Crippen molar-refractivity contribution in [1.82, 2.24) is 4.90 Å². The molecule has 2 nitrogen and oxygen atoms in total. The Labute approximate surface area is 68.3 Å². The minimum Gasteiger partial charge on any atom is -0.330 e. The largest absolute Gasteiger partial charge is 0.471 e. The van der Waals surface area contributed by atoms with Gasteiger partial charge >= 0.3 is 12.1 Å². The van der Waals surface area contributed by atoms with Gasteiger partial charge in [0.15, 0.2) is 0 Å². The van der Waals surface area contributed by atoms with Crippen molar-refractivity contribution in [2.45, 2.75) is 25.4 Å². The van der Waals surface area contributed by atoms with Crippen LogP contribution in [0.2, 0.25) is 0 Å². The van der Waals surface area contributed by atoms with E-state index in [4.69, 9.17) is 0 Å². The highest BCUT2D eigenvalue weighted by atomic mass is 19.4. The Kier molecular flexibility index (Phi) is 2.59. The number of hydrogen-bond donors (Lipinski definition) is 0. The van der Waals surface area contributed by atoms with Crippen molar-refractivity contribution >= 4 is 5.91 Å². The Morgan fingerprint density at radius 3 is 2.42 bits per heavy atom. The molecule has 0 spiro atoms. The van der Waals surface area contributed by atoms with Gasteiger partial charge in [0.05, 0.1) is 6.54 Å². The fourth-order valence-electron chi connectivity index (χ4n) is 1.11. The fraction of sp³-hybridized carbons (Fsp3) is 0.714.